The molecular weight excluding hydrogens is 256 g/mol. The Morgan fingerprint density at radius 1 is 1.50 bits per heavy atom. The molecule has 0 aliphatic rings. The van der Waals surface area contributed by atoms with Gasteiger partial charge >= 0.3 is 0 Å². The minimum absolute atomic E-state index is 0.0529. The molecular formula is C10H11ClN6O. The molecule has 18 heavy (non-hydrogen) atoms. The van der Waals surface area contributed by atoms with Crippen LogP contribution in [0.2, 0.25) is 5.02 Å². The third-order valence-corrected chi connectivity index (χ3v) is 2.32. The van der Waals surface area contributed by atoms with Crippen molar-refractivity contribution in [3.05, 3.63) is 35.2 Å². The first kappa shape index (κ1) is 12.5. The summed E-state index contributed by atoms with van der Waals surface area (Å²) in [5.74, 6) is 0.182. The molecule has 7 nitrogen and oxygen atoms in total. The first-order chi connectivity index (χ1) is 8.67. The summed E-state index contributed by atoms with van der Waals surface area (Å²) in [7, 11) is 0. The minimum Gasteiger partial charge on any atom is -0.325 e. The number of hydrogen-bond donors (Lipinski definition) is 2. The number of anilines is 1. The molecule has 2 heterocycles. The van der Waals surface area contributed by atoms with Crippen LogP contribution in [0.15, 0.2) is 24.5 Å². The highest BCUT2D eigenvalue weighted by Gasteiger charge is 2.06. The maximum atomic E-state index is 11.7. The van der Waals surface area contributed by atoms with Crippen LogP contribution in [0.1, 0.15) is 5.69 Å². The number of aromatic nitrogens is 4. The number of carbonyl (C=O) groups is 1. The molecule has 3 N–H and O–H groups in total. The van der Waals surface area contributed by atoms with Crippen molar-refractivity contribution in [2.24, 2.45) is 5.73 Å². The van der Waals surface area contributed by atoms with Crippen LogP contribution in [-0.2, 0) is 17.9 Å². The molecule has 0 aliphatic carbocycles. The van der Waals surface area contributed by atoms with Crippen molar-refractivity contribution in [2.75, 3.05) is 5.32 Å². The predicted octanol–water partition coefficient (Wildman–Crippen LogP) is 0.424. The summed E-state index contributed by atoms with van der Waals surface area (Å²) in [6, 6.07) is 3.26. The Morgan fingerprint density at radius 3 is 2.94 bits per heavy atom. The molecule has 2 aromatic rings. The molecule has 0 saturated heterocycles. The average Bonchev–Trinajstić information content (AvgIpc) is 2.79. The van der Waals surface area contributed by atoms with Crippen molar-refractivity contribution >= 4 is 23.3 Å². The van der Waals surface area contributed by atoms with Gasteiger partial charge in [-0.25, -0.2) is 9.67 Å². The average molecular weight is 267 g/mol. The molecule has 0 radical (unpaired) electrons. The van der Waals surface area contributed by atoms with Crippen LogP contribution < -0.4 is 11.1 Å². The van der Waals surface area contributed by atoms with Crippen molar-refractivity contribution < 1.29 is 4.79 Å². The largest absolute Gasteiger partial charge is 0.325 e. The highest BCUT2D eigenvalue weighted by atomic mass is 35.5. The fourth-order valence-electron chi connectivity index (χ4n) is 1.29. The van der Waals surface area contributed by atoms with Gasteiger partial charge in [-0.05, 0) is 12.1 Å². The highest BCUT2D eigenvalue weighted by Crippen LogP contribution is 2.09. The fraction of sp³-hybridized carbons (Fsp3) is 0.200. The molecule has 2 rings (SSSR count). The van der Waals surface area contributed by atoms with E-state index in [2.05, 4.69) is 20.6 Å². The number of nitrogens with two attached hydrogens (primary N) is 1. The van der Waals surface area contributed by atoms with Gasteiger partial charge in [0.2, 0.25) is 5.91 Å². The van der Waals surface area contributed by atoms with Gasteiger partial charge in [-0.2, -0.15) is 0 Å². The molecule has 0 aromatic carbocycles. The lowest BCUT2D eigenvalue weighted by Gasteiger charge is -2.03. The Balaban J connectivity index is 1.94. The molecule has 8 heteroatoms. The Kier molecular flexibility index (Phi) is 3.85. The number of rotatable bonds is 4. The van der Waals surface area contributed by atoms with Gasteiger partial charge in [-0.1, -0.05) is 16.8 Å². The summed E-state index contributed by atoms with van der Waals surface area (Å²) in [4.78, 5) is 15.6. The summed E-state index contributed by atoms with van der Waals surface area (Å²) < 4.78 is 1.41. The Labute approximate surface area is 108 Å². The van der Waals surface area contributed by atoms with Gasteiger partial charge in [0.1, 0.15) is 12.4 Å². The molecule has 0 bridgehead atoms. The lowest BCUT2D eigenvalue weighted by Crippen LogP contribution is -2.19. The topological polar surface area (TPSA) is 98.7 Å². The standard InChI is InChI=1S/C10H11ClN6O/c11-7-1-2-9(13-4-7)14-10(18)6-17-5-8(3-12)15-16-17/h1-2,4-5H,3,6,12H2,(H,13,14,18). The van der Waals surface area contributed by atoms with Crippen LogP contribution in [0.25, 0.3) is 0 Å². The van der Waals surface area contributed by atoms with Crippen molar-refractivity contribution in [1.29, 1.82) is 0 Å². The van der Waals surface area contributed by atoms with Gasteiger partial charge in [0.15, 0.2) is 0 Å². The molecule has 1 amide bonds. The molecule has 0 aliphatic heterocycles. The van der Waals surface area contributed by atoms with E-state index in [0.717, 1.165) is 0 Å². The third-order valence-electron chi connectivity index (χ3n) is 2.10. The molecule has 0 unspecified atom stereocenters. The number of nitrogens with zero attached hydrogens (tertiary/aromatic N) is 4. The smallest absolute Gasteiger partial charge is 0.247 e. The normalized spacial score (nSPS) is 10.3. The second-order valence-electron chi connectivity index (χ2n) is 3.52. The van der Waals surface area contributed by atoms with Gasteiger partial charge in [0.05, 0.1) is 16.9 Å². The molecule has 2 aromatic heterocycles. The molecule has 0 fully saturated rings. The van der Waals surface area contributed by atoms with E-state index in [0.29, 0.717) is 23.1 Å². The lowest BCUT2D eigenvalue weighted by molar-refractivity contribution is -0.116. The Morgan fingerprint density at radius 2 is 2.33 bits per heavy atom. The van der Waals surface area contributed by atoms with Crippen LogP contribution in [0.5, 0.6) is 0 Å². The maximum Gasteiger partial charge on any atom is 0.247 e. The first-order valence-corrected chi connectivity index (χ1v) is 5.55. The van der Waals surface area contributed by atoms with Gasteiger partial charge in [-0.3, -0.25) is 4.79 Å². The van der Waals surface area contributed by atoms with Gasteiger partial charge in [0, 0.05) is 12.7 Å². The number of hydrogen-bond acceptors (Lipinski definition) is 5. The van der Waals surface area contributed by atoms with E-state index in [-0.39, 0.29) is 12.5 Å². The summed E-state index contributed by atoms with van der Waals surface area (Å²) in [6.07, 6.45) is 3.08. The van der Waals surface area contributed by atoms with Crippen LogP contribution in [0.3, 0.4) is 0 Å². The Bertz CT molecular complexity index is 538. The molecule has 0 saturated carbocycles. The van der Waals surface area contributed by atoms with E-state index in [1.807, 2.05) is 0 Å². The van der Waals surface area contributed by atoms with Crippen molar-refractivity contribution in [2.45, 2.75) is 13.1 Å². The molecule has 94 valence electrons. The molecule has 0 atom stereocenters. The van der Waals surface area contributed by atoms with Gasteiger partial charge in [-0.15, -0.1) is 5.10 Å². The third kappa shape index (κ3) is 3.25. The van der Waals surface area contributed by atoms with E-state index >= 15 is 0 Å². The van der Waals surface area contributed by atoms with E-state index in [9.17, 15) is 4.79 Å². The zero-order valence-electron chi connectivity index (χ0n) is 9.38. The summed E-state index contributed by atoms with van der Waals surface area (Å²) in [5, 5.41) is 10.7. The van der Waals surface area contributed by atoms with Gasteiger partial charge < -0.3 is 11.1 Å². The SMILES string of the molecule is NCc1cn(CC(=O)Nc2ccc(Cl)cn2)nn1. The van der Waals surface area contributed by atoms with E-state index in [1.54, 1.807) is 18.3 Å². The van der Waals surface area contributed by atoms with Crippen LogP contribution >= 0.6 is 11.6 Å². The quantitative estimate of drug-likeness (QED) is 0.836. The van der Waals surface area contributed by atoms with E-state index < -0.39 is 0 Å². The van der Waals surface area contributed by atoms with Crippen molar-refractivity contribution in [3.63, 3.8) is 0 Å². The molecule has 0 spiro atoms. The maximum absolute atomic E-state index is 11.7. The second kappa shape index (κ2) is 5.56. The number of amides is 1. The summed E-state index contributed by atoms with van der Waals surface area (Å²) >= 11 is 5.69. The monoisotopic (exact) mass is 266 g/mol. The number of pyridine rings is 1. The highest BCUT2D eigenvalue weighted by molar-refractivity contribution is 6.30. The van der Waals surface area contributed by atoms with Crippen LogP contribution in [-0.4, -0.2) is 25.9 Å². The van der Waals surface area contributed by atoms with Crippen LogP contribution in [0.4, 0.5) is 5.82 Å². The van der Waals surface area contributed by atoms with Crippen molar-refractivity contribution in [1.82, 2.24) is 20.0 Å². The second-order valence-corrected chi connectivity index (χ2v) is 3.96. The Hall–Kier alpha value is -1.99. The zero-order chi connectivity index (χ0) is 13.0. The number of nitrogens with one attached hydrogen (secondary N) is 1. The predicted molar refractivity (Wildman–Crippen MR) is 65.8 cm³/mol. The summed E-state index contributed by atoms with van der Waals surface area (Å²) in [5.41, 5.74) is 6.02. The fourth-order valence-corrected chi connectivity index (χ4v) is 1.40. The zero-order valence-corrected chi connectivity index (χ0v) is 10.1. The van der Waals surface area contributed by atoms with E-state index in [1.165, 1.54) is 10.9 Å². The number of carbonyl (C=O) groups excluding carboxylic acids is 1. The minimum atomic E-state index is -0.252. The lowest BCUT2D eigenvalue weighted by atomic mass is 10.4. The van der Waals surface area contributed by atoms with Gasteiger partial charge in [0.25, 0.3) is 0 Å². The summed E-state index contributed by atoms with van der Waals surface area (Å²) in [6.45, 7) is 0.345. The van der Waals surface area contributed by atoms with Crippen molar-refractivity contribution in [3.8, 4) is 0 Å². The first-order valence-electron chi connectivity index (χ1n) is 5.18. The van der Waals surface area contributed by atoms with E-state index in [4.69, 9.17) is 17.3 Å². The van der Waals surface area contributed by atoms with Crippen LogP contribution in [0, 0.1) is 0 Å². The number of halogens is 1.